The summed E-state index contributed by atoms with van der Waals surface area (Å²) in [6.07, 6.45) is 22.2. The molecule has 8 nitrogen and oxygen atoms in total. The van der Waals surface area contributed by atoms with Crippen LogP contribution in [0.5, 0.6) is 23.0 Å². The summed E-state index contributed by atoms with van der Waals surface area (Å²) in [5.74, 6) is -2.89. The zero-order chi connectivity index (χ0) is 37.2. The minimum atomic E-state index is -0.736. The van der Waals surface area contributed by atoms with Gasteiger partial charge in [-0.1, -0.05) is 76.5 Å². The molecule has 0 fully saturated rings. The lowest BCUT2D eigenvalue weighted by atomic mass is 9.81. The van der Waals surface area contributed by atoms with Gasteiger partial charge in [-0.25, -0.2) is 4.58 Å². The largest absolute Gasteiger partial charge is 0.507 e. The fourth-order valence-corrected chi connectivity index (χ4v) is 6.21. The van der Waals surface area contributed by atoms with Gasteiger partial charge in [-0.15, -0.1) is 0 Å². The summed E-state index contributed by atoms with van der Waals surface area (Å²) in [6, 6.07) is 13.4. The number of phenolic OH excluding ortho intramolecular Hbond substituents is 4. The van der Waals surface area contributed by atoms with E-state index < -0.39 is 34.5 Å². The van der Waals surface area contributed by atoms with Gasteiger partial charge < -0.3 is 30.8 Å². The molecule has 0 aromatic heterocycles. The lowest BCUT2D eigenvalue weighted by molar-refractivity contribution is -0.527. The third-order valence-corrected chi connectivity index (χ3v) is 9.19. The van der Waals surface area contributed by atoms with Crippen LogP contribution in [0, 0.1) is 0 Å². The number of carbonyl (C=O) groups excluding carboxylic acids is 1. The summed E-state index contributed by atoms with van der Waals surface area (Å²) >= 11 is 0. The second-order valence-electron chi connectivity index (χ2n) is 13.2. The Morgan fingerprint density at radius 3 is 1.79 bits per heavy atom. The van der Waals surface area contributed by atoms with Crippen molar-refractivity contribution >= 4 is 46.6 Å². The number of rotatable bonds is 14. The maximum absolute atomic E-state index is 13.3. The molecule has 0 aliphatic heterocycles. The SMILES string of the molecule is CCCCNc1ccc(/C=C/c2cc(O)c(C3=C(O)C(=c4c(O)cc(=CC=C5C=CC(=[N+](CCCC)CCCC)C=C5)cc4O)C3=O)c(O)c2)cc1. The number of hydrogen-bond donors (Lipinski definition) is 6. The molecule has 3 aromatic carbocycles. The first kappa shape index (κ1) is 37.5. The van der Waals surface area contributed by atoms with Crippen molar-refractivity contribution in [1.82, 2.24) is 0 Å². The lowest BCUT2D eigenvalue weighted by Gasteiger charge is -2.23. The normalized spacial score (nSPS) is 14.0. The molecule has 0 radical (unpaired) electrons. The highest BCUT2D eigenvalue weighted by atomic mass is 16.3. The molecular weight excluding hydrogens is 652 g/mol. The molecule has 0 atom stereocenters. The van der Waals surface area contributed by atoms with Gasteiger partial charge in [0.1, 0.15) is 41.8 Å². The Bertz CT molecular complexity index is 2050. The van der Waals surface area contributed by atoms with Crippen molar-refractivity contribution in [2.45, 2.75) is 59.3 Å². The van der Waals surface area contributed by atoms with Gasteiger partial charge in [-0.2, -0.15) is 0 Å². The predicted octanol–water partition coefficient (Wildman–Crippen LogP) is 7.48. The molecule has 0 saturated carbocycles. The van der Waals surface area contributed by atoms with E-state index in [2.05, 4.69) is 42.8 Å². The van der Waals surface area contributed by atoms with Crippen LogP contribution in [0.4, 0.5) is 5.69 Å². The van der Waals surface area contributed by atoms with Gasteiger partial charge in [0, 0.05) is 37.2 Å². The molecule has 0 saturated heterocycles. The second-order valence-corrected chi connectivity index (χ2v) is 13.2. The zero-order valence-electron chi connectivity index (χ0n) is 30.2. The number of carbonyl (C=O) groups is 1. The minimum Gasteiger partial charge on any atom is -0.507 e. The lowest BCUT2D eigenvalue weighted by Crippen LogP contribution is -2.28. The summed E-state index contributed by atoms with van der Waals surface area (Å²) < 4.78 is 2.41. The van der Waals surface area contributed by atoms with Crippen LogP contribution >= 0.6 is 0 Å². The third kappa shape index (κ3) is 8.75. The van der Waals surface area contributed by atoms with Gasteiger partial charge in [0.2, 0.25) is 5.78 Å². The van der Waals surface area contributed by atoms with Crippen molar-refractivity contribution < 1.29 is 34.9 Å². The molecule has 270 valence electrons. The Morgan fingerprint density at radius 1 is 0.654 bits per heavy atom. The van der Waals surface area contributed by atoms with Crippen LogP contribution in [0.25, 0.3) is 29.4 Å². The molecule has 0 heterocycles. The number of phenols is 4. The summed E-state index contributed by atoms with van der Waals surface area (Å²) in [4.78, 5) is 13.3. The van der Waals surface area contributed by atoms with Gasteiger partial charge in [0.25, 0.3) is 0 Å². The molecule has 0 unspecified atom stereocenters. The molecule has 0 spiro atoms. The Balaban J connectivity index is 1.36. The number of nitrogens with one attached hydrogen (secondary N) is 1. The maximum atomic E-state index is 13.3. The molecular formula is C44H49N2O6+. The first-order valence-corrected chi connectivity index (χ1v) is 18.2. The average molecular weight is 702 g/mol. The Kier molecular flexibility index (Phi) is 12.6. The quantitative estimate of drug-likeness (QED) is 0.0583. The van der Waals surface area contributed by atoms with E-state index in [1.807, 2.05) is 48.6 Å². The van der Waals surface area contributed by atoms with E-state index in [4.69, 9.17) is 0 Å². The number of aliphatic hydroxyl groups excluding tert-OH is 1. The summed E-state index contributed by atoms with van der Waals surface area (Å²) in [6.45, 7) is 9.47. The second kappa shape index (κ2) is 17.4. The molecule has 5 rings (SSSR count). The summed E-state index contributed by atoms with van der Waals surface area (Å²) in [7, 11) is 0. The number of unbranched alkanes of at least 4 members (excludes halogenated alkanes) is 3. The predicted molar refractivity (Wildman–Crippen MR) is 211 cm³/mol. The van der Waals surface area contributed by atoms with Gasteiger partial charge in [0.05, 0.1) is 21.9 Å². The first-order chi connectivity index (χ1) is 25.1. The number of ketones is 1. The van der Waals surface area contributed by atoms with Crippen LogP contribution in [-0.2, 0) is 4.79 Å². The highest BCUT2D eigenvalue weighted by Gasteiger charge is 2.39. The van der Waals surface area contributed by atoms with E-state index in [0.29, 0.717) is 10.8 Å². The van der Waals surface area contributed by atoms with E-state index >= 15 is 0 Å². The van der Waals surface area contributed by atoms with Crippen molar-refractivity contribution in [2.75, 3.05) is 25.0 Å². The fraction of sp³-hybridized carbons (Fsp3) is 0.273. The topological polar surface area (TPSA) is 133 Å². The number of Topliss-reactive ketones (excluding diaryl/α,β-unsaturated/α-hetero) is 1. The van der Waals surface area contributed by atoms with E-state index in [9.17, 15) is 30.3 Å². The Labute approximate surface area is 305 Å². The average Bonchev–Trinajstić information content (AvgIpc) is 3.13. The van der Waals surface area contributed by atoms with Crippen LogP contribution in [0.3, 0.4) is 0 Å². The van der Waals surface area contributed by atoms with Crippen molar-refractivity contribution in [3.63, 3.8) is 0 Å². The molecule has 3 aromatic rings. The molecule has 2 aliphatic carbocycles. The standard InChI is InChI=1S/C44H48N2O6/c1-4-7-22-45-33-18-14-29(15-19-33)10-12-31-25-35(47)39(36(48)26-31)41-43(51)42(44(41)52)40-37(49)27-32(28-38(40)50)13-11-30-16-20-34(21-17-30)46(23-8-5-2)24-9-6-3/h10-21,25-28H,4-9,22-24H2,1-3H3,(H5,45,47,48,49,50,51,52)/p+1. The molecule has 0 bridgehead atoms. The minimum absolute atomic E-state index is 0.225. The number of hydrogen-bond acceptors (Lipinski definition) is 7. The number of benzene rings is 3. The third-order valence-electron chi connectivity index (χ3n) is 9.19. The van der Waals surface area contributed by atoms with Crippen LogP contribution in [0.1, 0.15) is 76.0 Å². The number of aromatic hydroxyl groups is 4. The fourth-order valence-electron chi connectivity index (χ4n) is 6.21. The van der Waals surface area contributed by atoms with Gasteiger partial charge in [0.15, 0.2) is 5.71 Å². The molecule has 52 heavy (non-hydrogen) atoms. The molecule has 8 heteroatoms. The monoisotopic (exact) mass is 701 g/mol. The highest BCUT2D eigenvalue weighted by Crippen LogP contribution is 2.45. The van der Waals surface area contributed by atoms with Gasteiger partial charge in [-0.3, -0.25) is 4.79 Å². The van der Waals surface area contributed by atoms with Crippen LogP contribution < -0.4 is 15.8 Å². The van der Waals surface area contributed by atoms with Crippen molar-refractivity contribution in [1.29, 1.82) is 0 Å². The smallest absolute Gasteiger partial charge is 0.202 e. The zero-order valence-corrected chi connectivity index (χ0v) is 30.2. The van der Waals surface area contributed by atoms with E-state index in [0.717, 1.165) is 75.0 Å². The number of aliphatic hydroxyl groups is 1. The number of anilines is 1. The van der Waals surface area contributed by atoms with E-state index in [1.165, 1.54) is 30.0 Å². The maximum Gasteiger partial charge on any atom is 0.202 e. The molecule has 2 aliphatic rings. The van der Waals surface area contributed by atoms with Gasteiger partial charge in [-0.05, 0) is 76.9 Å². The van der Waals surface area contributed by atoms with E-state index in [1.54, 1.807) is 12.2 Å². The first-order valence-electron chi connectivity index (χ1n) is 18.2. The molecule has 0 amide bonds. The van der Waals surface area contributed by atoms with Crippen LogP contribution in [0.2, 0.25) is 0 Å². The van der Waals surface area contributed by atoms with Crippen LogP contribution in [-0.4, -0.2) is 61.2 Å². The van der Waals surface area contributed by atoms with E-state index in [-0.39, 0.29) is 21.9 Å². The van der Waals surface area contributed by atoms with Crippen LogP contribution in [0.15, 0.2) is 90.2 Å². The summed E-state index contributed by atoms with van der Waals surface area (Å²) in [5.41, 5.74) is 3.71. The highest BCUT2D eigenvalue weighted by molar-refractivity contribution is 6.52. The van der Waals surface area contributed by atoms with Crippen molar-refractivity contribution in [3.8, 4) is 23.0 Å². The summed E-state index contributed by atoms with van der Waals surface area (Å²) in [5, 5.41) is 58.0. The van der Waals surface area contributed by atoms with Crippen molar-refractivity contribution in [2.24, 2.45) is 0 Å². The van der Waals surface area contributed by atoms with Gasteiger partial charge >= 0.3 is 0 Å². The molecule has 6 N–H and O–H groups in total. The Morgan fingerprint density at radius 2 is 1.23 bits per heavy atom. The Hall–Kier alpha value is -5.76. The number of allylic oxidation sites excluding steroid dienone is 8. The van der Waals surface area contributed by atoms with Crippen molar-refractivity contribution in [3.05, 3.63) is 117 Å². The number of nitrogens with zero attached hydrogens (tertiary/aromatic N) is 1.